The van der Waals surface area contributed by atoms with Gasteiger partial charge in [0.2, 0.25) is 0 Å². The predicted molar refractivity (Wildman–Crippen MR) is 77.9 cm³/mol. The van der Waals surface area contributed by atoms with Crippen molar-refractivity contribution in [1.82, 2.24) is 15.1 Å². The highest BCUT2D eigenvalue weighted by atomic mass is 15.3. The lowest BCUT2D eigenvalue weighted by Gasteiger charge is -2.40. The third-order valence-corrected chi connectivity index (χ3v) is 5.20. The van der Waals surface area contributed by atoms with Gasteiger partial charge in [0.05, 0.1) is 6.07 Å². The van der Waals surface area contributed by atoms with Gasteiger partial charge in [-0.25, -0.2) is 0 Å². The van der Waals surface area contributed by atoms with Crippen molar-refractivity contribution >= 4 is 0 Å². The first kappa shape index (κ1) is 14.8. The first-order chi connectivity index (χ1) is 9.01. The lowest BCUT2D eigenvalue weighted by atomic mass is 9.79. The largest absolute Gasteiger partial charge is 0.305 e. The highest BCUT2D eigenvalue weighted by Crippen LogP contribution is 2.33. The molecule has 2 fully saturated rings. The molecule has 1 heterocycles. The predicted octanol–water partition coefficient (Wildman–Crippen LogP) is 1.29. The summed E-state index contributed by atoms with van der Waals surface area (Å²) in [4.78, 5) is 4.97. The number of hydrogen-bond acceptors (Lipinski definition) is 4. The van der Waals surface area contributed by atoms with Gasteiger partial charge in [0.25, 0.3) is 0 Å². The number of nitrogens with one attached hydrogen (secondary N) is 1. The van der Waals surface area contributed by atoms with Gasteiger partial charge in [-0.3, -0.25) is 4.90 Å². The van der Waals surface area contributed by atoms with E-state index in [0.29, 0.717) is 12.1 Å². The summed E-state index contributed by atoms with van der Waals surface area (Å²) in [5.74, 6) is 0.725. The van der Waals surface area contributed by atoms with Crippen molar-refractivity contribution < 1.29 is 0 Å². The summed E-state index contributed by atoms with van der Waals surface area (Å²) in [7, 11) is 6.29. The molecule has 0 aromatic heterocycles. The molecule has 0 spiro atoms. The van der Waals surface area contributed by atoms with Crippen LogP contribution in [0.5, 0.6) is 0 Å². The third kappa shape index (κ3) is 2.94. The molecule has 1 saturated heterocycles. The van der Waals surface area contributed by atoms with E-state index >= 15 is 0 Å². The monoisotopic (exact) mass is 264 g/mol. The Morgan fingerprint density at radius 2 is 2.11 bits per heavy atom. The highest BCUT2D eigenvalue weighted by molar-refractivity contribution is 5.11. The zero-order chi connectivity index (χ0) is 14.0. The Morgan fingerprint density at radius 1 is 1.37 bits per heavy atom. The molecule has 0 aromatic rings. The SMILES string of the molecule is CNC1(C#N)CCCC(N2CC(C)C(N(C)C)C2)C1. The van der Waals surface area contributed by atoms with Gasteiger partial charge in [-0.1, -0.05) is 6.92 Å². The van der Waals surface area contributed by atoms with E-state index in [4.69, 9.17) is 0 Å². The van der Waals surface area contributed by atoms with Gasteiger partial charge in [-0.15, -0.1) is 0 Å². The van der Waals surface area contributed by atoms with Gasteiger partial charge in [0.15, 0.2) is 0 Å². The Hall–Kier alpha value is -0.630. The molecule has 0 amide bonds. The van der Waals surface area contributed by atoms with Gasteiger partial charge < -0.3 is 10.2 Å². The summed E-state index contributed by atoms with van der Waals surface area (Å²) in [5, 5.41) is 12.7. The van der Waals surface area contributed by atoms with Crippen LogP contribution in [0.1, 0.15) is 32.6 Å². The molecule has 1 N–H and O–H groups in total. The minimum atomic E-state index is -0.289. The van der Waals surface area contributed by atoms with Crippen molar-refractivity contribution in [2.75, 3.05) is 34.2 Å². The average Bonchev–Trinajstić information content (AvgIpc) is 2.81. The van der Waals surface area contributed by atoms with Gasteiger partial charge >= 0.3 is 0 Å². The van der Waals surface area contributed by atoms with Gasteiger partial charge in [0, 0.05) is 25.2 Å². The van der Waals surface area contributed by atoms with Crippen molar-refractivity contribution in [1.29, 1.82) is 5.26 Å². The molecule has 108 valence electrons. The van der Waals surface area contributed by atoms with Crippen molar-refractivity contribution in [2.24, 2.45) is 5.92 Å². The van der Waals surface area contributed by atoms with E-state index < -0.39 is 0 Å². The molecule has 4 atom stereocenters. The van der Waals surface area contributed by atoms with Crippen LogP contribution >= 0.6 is 0 Å². The van der Waals surface area contributed by atoms with Crippen LogP contribution in [0, 0.1) is 17.2 Å². The fourth-order valence-corrected chi connectivity index (χ4v) is 3.90. The lowest BCUT2D eigenvalue weighted by molar-refractivity contribution is 0.138. The quantitative estimate of drug-likeness (QED) is 0.834. The summed E-state index contributed by atoms with van der Waals surface area (Å²) in [6.07, 6.45) is 4.39. The first-order valence-electron chi connectivity index (χ1n) is 7.52. The molecule has 1 saturated carbocycles. The number of rotatable bonds is 3. The normalized spacial score (nSPS) is 40.5. The van der Waals surface area contributed by atoms with E-state index in [9.17, 15) is 5.26 Å². The second-order valence-electron chi connectivity index (χ2n) is 6.66. The maximum absolute atomic E-state index is 9.46. The molecule has 4 nitrogen and oxygen atoms in total. The number of likely N-dealkylation sites (N-methyl/N-ethyl adjacent to an activating group) is 1. The van der Waals surface area contributed by atoms with Crippen molar-refractivity contribution in [3.05, 3.63) is 0 Å². The van der Waals surface area contributed by atoms with E-state index in [0.717, 1.165) is 31.7 Å². The summed E-state index contributed by atoms with van der Waals surface area (Å²) in [6, 6.07) is 3.75. The molecule has 1 aliphatic carbocycles. The number of nitriles is 1. The molecule has 0 bridgehead atoms. The Labute approximate surface area is 117 Å². The van der Waals surface area contributed by atoms with Crippen LogP contribution in [-0.2, 0) is 0 Å². The average molecular weight is 264 g/mol. The molecule has 4 heteroatoms. The highest BCUT2D eigenvalue weighted by Gasteiger charge is 2.41. The smallest absolute Gasteiger partial charge is 0.108 e. The van der Waals surface area contributed by atoms with Crippen molar-refractivity contribution in [3.8, 4) is 6.07 Å². The molecule has 1 aliphatic heterocycles. The third-order valence-electron chi connectivity index (χ3n) is 5.20. The van der Waals surface area contributed by atoms with Crippen LogP contribution in [0.2, 0.25) is 0 Å². The number of nitrogens with zero attached hydrogens (tertiary/aromatic N) is 3. The Kier molecular flexibility index (Phi) is 4.50. The maximum Gasteiger partial charge on any atom is 0.108 e. The van der Waals surface area contributed by atoms with E-state index in [-0.39, 0.29) is 5.54 Å². The van der Waals surface area contributed by atoms with Crippen LogP contribution in [-0.4, -0.2) is 61.7 Å². The Balaban J connectivity index is 2.02. The Bertz CT molecular complexity index is 349. The molecule has 2 aliphatic rings. The van der Waals surface area contributed by atoms with Crippen LogP contribution in [0.25, 0.3) is 0 Å². The van der Waals surface area contributed by atoms with Gasteiger partial charge in [-0.05, 0) is 52.7 Å². The van der Waals surface area contributed by atoms with E-state index in [1.807, 2.05) is 7.05 Å². The van der Waals surface area contributed by atoms with Gasteiger partial charge in [0.1, 0.15) is 5.54 Å². The summed E-state index contributed by atoms with van der Waals surface area (Å²) in [6.45, 7) is 4.69. The molecular weight excluding hydrogens is 236 g/mol. The Morgan fingerprint density at radius 3 is 2.63 bits per heavy atom. The van der Waals surface area contributed by atoms with E-state index in [1.165, 1.54) is 13.0 Å². The lowest BCUT2D eigenvalue weighted by Crippen LogP contribution is -2.51. The van der Waals surface area contributed by atoms with Crippen LogP contribution in [0.3, 0.4) is 0 Å². The molecule has 0 radical (unpaired) electrons. The van der Waals surface area contributed by atoms with Crippen LogP contribution < -0.4 is 5.32 Å². The molecule has 4 unspecified atom stereocenters. The zero-order valence-electron chi connectivity index (χ0n) is 12.8. The van der Waals surface area contributed by atoms with E-state index in [1.54, 1.807) is 0 Å². The molecular formula is C15H28N4. The minimum absolute atomic E-state index is 0.289. The van der Waals surface area contributed by atoms with Crippen LogP contribution in [0.15, 0.2) is 0 Å². The van der Waals surface area contributed by atoms with E-state index in [2.05, 4.69) is 42.2 Å². The molecule has 19 heavy (non-hydrogen) atoms. The second kappa shape index (κ2) is 5.78. The minimum Gasteiger partial charge on any atom is -0.305 e. The number of likely N-dealkylation sites (tertiary alicyclic amines) is 1. The van der Waals surface area contributed by atoms with Gasteiger partial charge in [-0.2, -0.15) is 5.26 Å². The first-order valence-corrected chi connectivity index (χ1v) is 7.52. The molecule has 2 rings (SSSR count). The fraction of sp³-hybridized carbons (Fsp3) is 0.933. The molecule has 0 aromatic carbocycles. The summed E-state index contributed by atoms with van der Waals surface area (Å²) >= 11 is 0. The second-order valence-corrected chi connectivity index (χ2v) is 6.66. The van der Waals surface area contributed by atoms with Crippen molar-refractivity contribution in [3.63, 3.8) is 0 Å². The topological polar surface area (TPSA) is 42.3 Å². The van der Waals surface area contributed by atoms with Crippen molar-refractivity contribution in [2.45, 2.75) is 50.2 Å². The summed E-state index contributed by atoms with van der Waals surface area (Å²) < 4.78 is 0. The van der Waals surface area contributed by atoms with Crippen LogP contribution in [0.4, 0.5) is 0 Å². The fourth-order valence-electron chi connectivity index (χ4n) is 3.90. The maximum atomic E-state index is 9.46. The standard InChI is InChI=1S/C15H28N4/c1-12-9-19(10-14(12)18(3)4)13-6-5-7-15(8-13,11-16)17-2/h12-14,17H,5-10H2,1-4H3. The number of hydrogen-bond donors (Lipinski definition) is 1. The zero-order valence-corrected chi connectivity index (χ0v) is 12.8. The summed E-state index contributed by atoms with van der Waals surface area (Å²) in [5.41, 5.74) is -0.289.